The van der Waals surface area contributed by atoms with Gasteiger partial charge in [-0.3, -0.25) is 4.99 Å². The zero-order valence-corrected chi connectivity index (χ0v) is 17.3. The van der Waals surface area contributed by atoms with E-state index in [2.05, 4.69) is 4.98 Å². The van der Waals surface area contributed by atoms with Crippen LogP contribution >= 0.6 is 11.6 Å². The molecule has 0 saturated carbocycles. The van der Waals surface area contributed by atoms with Crippen molar-refractivity contribution in [3.8, 4) is 0 Å². The molecule has 3 aromatic carbocycles. The lowest BCUT2D eigenvalue weighted by molar-refractivity contribution is 0.580. The third-order valence-electron chi connectivity index (χ3n) is 5.13. The van der Waals surface area contributed by atoms with Crippen molar-refractivity contribution in [2.45, 2.75) is 19.8 Å². The fourth-order valence-corrected chi connectivity index (χ4v) is 3.82. The Kier molecular flexibility index (Phi) is 5.96. The minimum atomic E-state index is -0.558. The van der Waals surface area contributed by atoms with Gasteiger partial charge in [0.1, 0.15) is 11.6 Å². The minimum absolute atomic E-state index is 0.464. The standard InChI is InChI=1S/C25H21ClF2N2/c1-16(29-8-7-20-15-30-25-6-5-21(26)13-24(20)25)19-4-2-3-17(10-19)9-18-11-22(27)14-23(28)12-18/h2-6,10-15,30H,7-9H2,1H3. The molecule has 5 heteroatoms. The quantitative estimate of drug-likeness (QED) is 0.333. The highest BCUT2D eigenvalue weighted by atomic mass is 35.5. The number of aliphatic imine (C=N–C) groups is 1. The van der Waals surface area contributed by atoms with Gasteiger partial charge in [0.2, 0.25) is 0 Å². The number of nitrogens with zero attached hydrogens (tertiary/aromatic N) is 1. The molecule has 0 bridgehead atoms. The van der Waals surface area contributed by atoms with E-state index in [1.165, 1.54) is 17.7 Å². The van der Waals surface area contributed by atoms with E-state index in [0.29, 0.717) is 18.5 Å². The van der Waals surface area contributed by atoms with Crippen LogP contribution in [0, 0.1) is 11.6 Å². The predicted octanol–water partition coefficient (Wildman–Crippen LogP) is 6.74. The molecule has 152 valence electrons. The molecule has 2 nitrogen and oxygen atoms in total. The predicted molar refractivity (Wildman–Crippen MR) is 120 cm³/mol. The van der Waals surface area contributed by atoms with E-state index in [9.17, 15) is 8.78 Å². The van der Waals surface area contributed by atoms with Crippen LogP contribution < -0.4 is 0 Å². The lowest BCUT2D eigenvalue weighted by Crippen LogP contribution is -2.00. The van der Waals surface area contributed by atoms with E-state index in [1.54, 1.807) is 0 Å². The Morgan fingerprint density at radius 1 is 0.967 bits per heavy atom. The Morgan fingerprint density at radius 3 is 2.57 bits per heavy atom. The van der Waals surface area contributed by atoms with Crippen LogP contribution in [-0.2, 0) is 12.8 Å². The highest BCUT2D eigenvalue weighted by Gasteiger charge is 2.06. The van der Waals surface area contributed by atoms with E-state index in [0.717, 1.165) is 45.3 Å². The molecule has 4 rings (SSSR count). The molecule has 0 fully saturated rings. The summed E-state index contributed by atoms with van der Waals surface area (Å²) in [6.45, 7) is 2.64. The second kappa shape index (κ2) is 8.80. The van der Waals surface area contributed by atoms with Crippen LogP contribution in [0.3, 0.4) is 0 Å². The topological polar surface area (TPSA) is 28.1 Å². The van der Waals surface area contributed by atoms with E-state index in [1.807, 2.05) is 55.6 Å². The molecule has 1 N–H and O–H groups in total. The number of fused-ring (bicyclic) bond motifs is 1. The number of halogens is 3. The summed E-state index contributed by atoms with van der Waals surface area (Å²) in [5, 5.41) is 1.85. The van der Waals surface area contributed by atoms with Crippen LogP contribution in [0.15, 0.2) is 71.9 Å². The van der Waals surface area contributed by atoms with Crippen molar-refractivity contribution >= 4 is 28.2 Å². The summed E-state index contributed by atoms with van der Waals surface area (Å²) in [5.74, 6) is -1.12. The molecule has 0 aliphatic rings. The molecule has 0 aliphatic carbocycles. The van der Waals surface area contributed by atoms with Crippen molar-refractivity contribution in [1.29, 1.82) is 0 Å². The van der Waals surface area contributed by atoms with Gasteiger partial charge < -0.3 is 4.98 Å². The van der Waals surface area contributed by atoms with Gasteiger partial charge in [-0.25, -0.2) is 8.78 Å². The lowest BCUT2D eigenvalue weighted by atomic mass is 10.0. The van der Waals surface area contributed by atoms with Gasteiger partial charge in [-0.15, -0.1) is 0 Å². The van der Waals surface area contributed by atoms with Crippen LogP contribution in [0.25, 0.3) is 10.9 Å². The van der Waals surface area contributed by atoms with Crippen LogP contribution in [-0.4, -0.2) is 17.2 Å². The number of hydrogen-bond donors (Lipinski definition) is 1. The zero-order valence-electron chi connectivity index (χ0n) is 16.6. The first kappa shape index (κ1) is 20.3. The molecular weight excluding hydrogens is 402 g/mol. The van der Waals surface area contributed by atoms with Crippen molar-refractivity contribution in [3.63, 3.8) is 0 Å². The number of rotatable bonds is 6. The molecule has 4 aromatic rings. The highest BCUT2D eigenvalue weighted by molar-refractivity contribution is 6.31. The molecule has 0 amide bonds. The van der Waals surface area contributed by atoms with Crippen molar-refractivity contribution in [2.24, 2.45) is 4.99 Å². The Hall–Kier alpha value is -2.98. The molecule has 0 radical (unpaired) electrons. The SMILES string of the molecule is CC(=NCCc1c[nH]c2ccc(Cl)cc12)c1cccc(Cc2cc(F)cc(F)c2)c1. The van der Waals surface area contributed by atoms with Crippen molar-refractivity contribution < 1.29 is 8.78 Å². The Labute approximate surface area is 179 Å². The number of aromatic amines is 1. The first-order chi connectivity index (χ1) is 14.5. The van der Waals surface area contributed by atoms with Crippen molar-refractivity contribution in [3.05, 3.63) is 106 Å². The maximum absolute atomic E-state index is 13.4. The molecule has 1 aromatic heterocycles. The highest BCUT2D eigenvalue weighted by Crippen LogP contribution is 2.23. The van der Waals surface area contributed by atoms with Gasteiger partial charge in [0, 0.05) is 40.4 Å². The Bertz CT molecular complexity index is 1210. The van der Waals surface area contributed by atoms with Crippen LogP contribution in [0.1, 0.15) is 29.2 Å². The summed E-state index contributed by atoms with van der Waals surface area (Å²) < 4.78 is 26.9. The molecule has 1 heterocycles. The summed E-state index contributed by atoms with van der Waals surface area (Å²) in [5.41, 5.74) is 5.78. The largest absolute Gasteiger partial charge is 0.361 e. The lowest BCUT2D eigenvalue weighted by Gasteiger charge is -2.07. The Balaban J connectivity index is 1.46. The van der Waals surface area contributed by atoms with Gasteiger partial charge in [-0.2, -0.15) is 0 Å². The van der Waals surface area contributed by atoms with Gasteiger partial charge in [0.15, 0.2) is 0 Å². The molecule has 0 aliphatic heterocycles. The monoisotopic (exact) mass is 422 g/mol. The van der Waals surface area contributed by atoms with Gasteiger partial charge >= 0.3 is 0 Å². The molecule has 0 saturated heterocycles. The number of nitrogens with one attached hydrogen (secondary N) is 1. The van der Waals surface area contributed by atoms with Crippen LogP contribution in [0.2, 0.25) is 5.02 Å². The smallest absolute Gasteiger partial charge is 0.126 e. The fourth-order valence-electron chi connectivity index (χ4n) is 3.65. The van der Waals surface area contributed by atoms with Gasteiger partial charge in [-0.05, 0) is 78.4 Å². The van der Waals surface area contributed by atoms with Gasteiger partial charge in [0.05, 0.1) is 0 Å². The van der Waals surface area contributed by atoms with E-state index in [4.69, 9.17) is 16.6 Å². The third-order valence-corrected chi connectivity index (χ3v) is 5.37. The van der Waals surface area contributed by atoms with E-state index in [-0.39, 0.29) is 0 Å². The number of aromatic nitrogens is 1. The first-order valence-electron chi connectivity index (χ1n) is 9.79. The molecular formula is C25H21ClF2N2. The van der Waals surface area contributed by atoms with Gasteiger partial charge in [0.25, 0.3) is 0 Å². The molecule has 0 unspecified atom stereocenters. The normalized spacial score (nSPS) is 11.9. The van der Waals surface area contributed by atoms with E-state index >= 15 is 0 Å². The maximum Gasteiger partial charge on any atom is 0.126 e. The second-order valence-corrected chi connectivity index (χ2v) is 7.81. The first-order valence-corrected chi connectivity index (χ1v) is 10.2. The van der Waals surface area contributed by atoms with Crippen molar-refractivity contribution in [1.82, 2.24) is 4.98 Å². The number of benzene rings is 3. The third kappa shape index (κ3) is 4.77. The number of H-pyrrole nitrogens is 1. The van der Waals surface area contributed by atoms with Crippen molar-refractivity contribution in [2.75, 3.05) is 6.54 Å². The summed E-state index contributed by atoms with van der Waals surface area (Å²) in [4.78, 5) is 7.99. The fraction of sp³-hybridized carbons (Fsp3) is 0.160. The molecule has 30 heavy (non-hydrogen) atoms. The molecule has 0 atom stereocenters. The Morgan fingerprint density at radius 2 is 1.77 bits per heavy atom. The number of hydrogen-bond acceptors (Lipinski definition) is 1. The summed E-state index contributed by atoms with van der Waals surface area (Å²) in [6.07, 6.45) is 3.27. The summed E-state index contributed by atoms with van der Waals surface area (Å²) in [7, 11) is 0. The summed E-state index contributed by atoms with van der Waals surface area (Å²) >= 11 is 6.12. The molecule has 0 spiro atoms. The summed E-state index contributed by atoms with van der Waals surface area (Å²) in [6, 6.07) is 17.4. The second-order valence-electron chi connectivity index (χ2n) is 7.38. The van der Waals surface area contributed by atoms with E-state index < -0.39 is 11.6 Å². The average Bonchev–Trinajstić information content (AvgIpc) is 3.09. The zero-order chi connectivity index (χ0) is 21.1. The van der Waals surface area contributed by atoms with Gasteiger partial charge in [-0.1, -0.05) is 29.8 Å². The minimum Gasteiger partial charge on any atom is -0.361 e. The average molecular weight is 423 g/mol. The maximum atomic E-state index is 13.4. The van der Waals surface area contributed by atoms with Crippen LogP contribution in [0.4, 0.5) is 8.78 Å². The van der Waals surface area contributed by atoms with Crippen LogP contribution in [0.5, 0.6) is 0 Å².